The second kappa shape index (κ2) is 3.67. The minimum absolute atomic E-state index is 0.250. The fourth-order valence-electron chi connectivity index (χ4n) is 0.0514. The Bertz CT molecular complexity index is 24.8. The van der Waals surface area contributed by atoms with Crippen molar-refractivity contribution in [1.82, 2.24) is 0 Å². The third-order valence-corrected chi connectivity index (χ3v) is 0.225. The number of hydrogen-bond donors (Lipinski definition) is 0. The third-order valence-electron chi connectivity index (χ3n) is 0.225. The van der Waals surface area contributed by atoms with E-state index < -0.39 is 0 Å². The summed E-state index contributed by atoms with van der Waals surface area (Å²) in [6.07, 6.45) is 1.50. The van der Waals surface area contributed by atoms with Gasteiger partial charge in [-0.3, -0.25) is 0 Å². The van der Waals surface area contributed by atoms with Crippen molar-refractivity contribution in [2.75, 3.05) is 0 Å². The van der Waals surface area contributed by atoms with Gasteiger partial charge in [-0.1, -0.05) is 12.7 Å². The summed E-state index contributed by atoms with van der Waals surface area (Å²) in [4.78, 5) is 0. The predicted octanol–water partition coefficient (Wildman–Crippen LogP) is 1.50. The second-order valence-corrected chi connectivity index (χ2v) is 0.626. The Morgan fingerprint density at radius 3 is 2.40 bits per heavy atom. The van der Waals surface area contributed by atoms with Crippen LogP contribution in [-0.4, -0.2) is 0 Å². The number of rotatable bonds is 2. The minimum Gasteiger partial charge on any atom is -0.244 e. The topological polar surface area (TPSA) is 0 Å². The van der Waals surface area contributed by atoms with Crippen molar-refractivity contribution < 1.29 is 4.39 Å². The second-order valence-electron chi connectivity index (χ2n) is 0.626. The van der Waals surface area contributed by atoms with E-state index in [0.29, 0.717) is 6.67 Å². The van der Waals surface area contributed by atoms with Crippen molar-refractivity contribution in [1.29, 1.82) is 0 Å². The van der Waals surface area contributed by atoms with Crippen LogP contribution in [0.2, 0.25) is 0 Å². The van der Waals surface area contributed by atoms with Crippen molar-refractivity contribution >= 4 is 0 Å². The van der Waals surface area contributed by atoms with Crippen molar-refractivity contribution in [2.45, 2.75) is 6.42 Å². The Kier molecular flexibility index (Phi) is 3.43. The van der Waals surface area contributed by atoms with Crippen LogP contribution in [-0.2, 0) is 0 Å². The largest absolute Gasteiger partial charge is 0.244 e. The smallest absolute Gasteiger partial charge is 0.135 e. The molecule has 0 aromatic rings. The molecular formula is C4H5F. The normalized spacial score (nSPS) is 7.40. The molecule has 0 bridgehead atoms. The molecule has 0 nitrogen and oxygen atoms in total. The molecule has 0 aromatic heterocycles. The Hall–Kier alpha value is -0.330. The molecule has 0 aliphatic heterocycles. The van der Waals surface area contributed by atoms with Crippen LogP contribution in [0.1, 0.15) is 6.42 Å². The molecule has 0 rings (SSSR count). The van der Waals surface area contributed by atoms with Crippen molar-refractivity contribution in [3.05, 3.63) is 19.3 Å². The predicted molar refractivity (Wildman–Crippen MR) is 18.9 cm³/mol. The lowest BCUT2D eigenvalue weighted by Crippen LogP contribution is -1.52. The highest BCUT2D eigenvalue weighted by molar-refractivity contribution is 4.66. The van der Waals surface area contributed by atoms with E-state index in [1.165, 1.54) is 6.08 Å². The lowest BCUT2D eigenvalue weighted by atomic mass is 10.5. The number of allylic oxidation sites excluding steroid dienone is 1. The average molecular weight is 72.1 g/mol. The van der Waals surface area contributed by atoms with Gasteiger partial charge in [0.15, 0.2) is 0 Å². The van der Waals surface area contributed by atoms with Crippen LogP contribution < -0.4 is 0 Å². The molecule has 2 radical (unpaired) electrons. The lowest BCUT2D eigenvalue weighted by Gasteiger charge is -1.68. The molecule has 28 valence electrons. The summed E-state index contributed by atoms with van der Waals surface area (Å²) in [6.45, 7) is 5.24. The van der Waals surface area contributed by atoms with Crippen LogP contribution in [0, 0.1) is 13.3 Å². The first kappa shape index (κ1) is 4.67. The molecule has 0 saturated carbocycles. The van der Waals surface area contributed by atoms with E-state index in [1.54, 1.807) is 0 Å². The summed E-state index contributed by atoms with van der Waals surface area (Å²) in [5, 5.41) is 0. The van der Waals surface area contributed by atoms with Crippen molar-refractivity contribution in [3.8, 4) is 0 Å². The van der Waals surface area contributed by atoms with Gasteiger partial charge in [0.1, 0.15) is 6.67 Å². The van der Waals surface area contributed by atoms with Gasteiger partial charge in [0.25, 0.3) is 0 Å². The Morgan fingerprint density at radius 2 is 2.40 bits per heavy atom. The lowest BCUT2D eigenvalue weighted by molar-refractivity contribution is 0.605. The molecule has 0 aromatic carbocycles. The minimum atomic E-state index is 0.250. The van der Waals surface area contributed by atoms with Gasteiger partial charge < -0.3 is 0 Å². The molecule has 0 heterocycles. The van der Waals surface area contributed by atoms with Crippen LogP contribution in [0.5, 0.6) is 0 Å². The summed E-state index contributed by atoms with van der Waals surface area (Å²) in [6, 6.07) is 0. The van der Waals surface area contributed by atoms with Gasteiger partial charge >= 0.3 is 0 Å². The van der Waals surface area contributed by atoms with Gasteiger partial charge in [0.2, 0.25) is 0 Å². The fourth-order valence-corrected chi connectivity index (χ4v) is 0.0514. The maximum absolute atomic E-state index is 10.8. The average Bonchev–Trinajstić information content (AvgIpc) is 1.41. The van der Waals surface area contributed by atoms with Crippen LogP contribution >= 0.6 is 0 Å². The number of halogens is 1. The Balaban J connectivity index is 2.40. The fraction of sp³-hybridized carbons (Fsp3) is 0.250. The Labute approximate surface area is 31.3 Å². The van der Waals surface area contributed by atoms with E-state index in [0.717, 1.165) is 0 Å². The van der Waals surface area contributed by atoms with Gasteiger partial charge in [-0.25, -0.2) is 4.39 Å². The molecule has 1 heteroatoms. The van der Waals surface area contributed by atoms with Gasteiger partial charge in [0.05, 0.1) is 0 Å². The monoisotopic (exact) mass is 72.0 g/mol. The molecule has 0 N–H and O–H groups in total. The summed E-state index contributed by atoms with van der Waals surface area (Å²) in [5.41, 5.74) is 0. The van der Waals surface area contributed by atoms with E-state index in [-0.39, 0.29) is 6.42 Å². The summed E-state index contributed by atoms with van der Waals surface area (Å²) < 4.78 is 10.8. The third kappa shape index (κ3) is 3.67. The molecule has 5 heavy (non-hydrogen) atoms. The zero-order chi connectivity index (χ0) is 4.12. The van der Waals surface area contributed by atoms with E-state index in [2.05, 4.69) is 0 Å². The van der Waals surface area contributed by atoms with Crippen LogP contribution in [0.15, 0.2) is 6.08 Å². The molecule has 0 fully saturated rings. The molecule has 0 unspecified atom stereocenters. The molecule has 0 atom stereocenters. The van der Waals surface area contributed by atoms with Crippen molar-refractivity contribution in [3.63, 3.8) is 0 Å². The molecule has 0 saturated heterocycles. The van der Waals surface area contributed by atoms with Gasteiger partial charge in [-0.05, 0) is 6.42 Å². The van der Waals surface area contributed by atoms with E-state index >= 15 is 0 Å². The standard InChI is InChI=1S/C4H5F/c1-2-3-4-5/h1-2,4H,3H2. The molecule has 0 aliphatic rings. The first-order valence-electron chi connectivity index (χ1n) is 1.37. The maximum atomic E-state index is 10.8. The van der Waals surface area contributed by atoms with Crippen LogP contribution in [0.25, 0.3) is 0 Å². The summed E-state index contributed by atoms with van der Waals surface area (Å²) in [7, 11) is 0. The highest BCUT2D eigenvalue weighted by atomic mass is 19.1. The van der Waals surface area contributed by atoms with Gasteiger partial charge in [-0.2, -0.15) is 0 Å². The number of hydrogen-bond acceptors (Lipinski definition) is 0. The highest BCUT2D eigenvalue weighted by Crippen LogP contribution is 1.83. The first-order valence-corrected chi connectivity index (χ1v) is 1.37. The SMILES string of the molecule is [CH]=CC[CH]F. The maximum Gasteiger partial charge on any atom is 0.135 e. The summed E-state index contributed by atoms with van der Waals surface area (Å²) in [5.74, 6) is 0. The van der Waals surface area contributed by atoms with E-state index in [4.69, 9.17) is 6.58 Å². The highest BCUT2D eigenvalue weighted by Gasteiger charge is 1.67. The zero-order valence-electron chi connectivity index (χ0n) is 2.82. The van der Waals surface area contributed by atoms with Crippen LogP contribution in [0.3, 0.4) is 0 Å². The summed E-state index contributed by atoms with van der Waals surface area (Å²) >= 11 is 0. The van der Waals surface area contributed by atoms with E-state index in [1.807, 2.05) is 0 Å². The molecular weight excluding hydrogens is 67.0 g/mol. The first-order chi connectivity index (χ1) is 2.41. The van der Waals surface area contributed by atoms with Crippen LogP contribution in [0.4, 0.5) is 4.39 Å². The zero-order valence-corrected chi connectivity index (χ0v) is 2.82. The Morgan fingerprint density at radius 1 is 1.80 bits per heavy atom. The quantitative estimate of drug-likeness (QED) is 0.463. The van der Waals surface area contributed by atoms with Crippen molar-refractivity contribution in [2.24, 2.45) is 0 Å². The van der Waals surface area contributed by atoms with E-state index in [9.17, 15) is 4.39 Å². The van der Waals surface area contributed by atoms with Gasteiger partial charge in [-0.15, -0.1) is 0 Å². The molecule has 0 amide bonds. The molecule has 0 spiro atoms. The molecule has 0 aliphatic carbocycles. The van der Waals surface area contributed by atoms with Gasteiger partial charge in [0, 0.05) is 0 Å².